The van der Waals surface area contributed by atoms with Crippen LogP contribution in [0.2, 0.25) is 5.02 Å². The summed E-state index contributed by atoms with van der Waals surface area (Å²) in [4.78, 5) is 0. The van der Waals surface area contributed by atoms with Crippen molar-refractivity contribution in [2.24, 2.45) is 17.8 Å². The Morgan fingerprint density at radius 1 is 1.09 bits per heavy atom. The first-order valence-electron chi connectivity index (χ1n) is 12.1. The molecule has 3 fully saturated rings. The highest BCUT2D eigenvalue weighted by atomic mass is 35.5. The molecule has 5 rings (SSSR count). The van der Waals surface area contributed by atoms with E-state index in [0.717, 1.165) is 34.6 Å². The van der Waals surface area contributed by atoms with Crippen LogP contribution in [0.5, 0.6) is 5.75 Å². The molecule has 3 aliphatic rings. The van der Waals surface area contributed by atoms with E-state index in [2.05, 4.69) is 19.1 Å². The highest BCUT2D eigenvalue weighted by Gasteiger charge is 2.54. The van der Waals surface area contributed by atoms with Gasteiger partial charge in [-0.25, -0.2) is 0 Å². The Hall–Kier alpha value is -1.67. The number of hydrogen-bond acceptors (Lipinski definition) is 6. The summed E-state index contributed by atoms with van der Waals surface area (Å²) in [5.74, 6) is 2.21. The van der Waals surface area contributed by atoms with Gasteiger partial charge in [0.2, 0.25) is 0 Å². The lowest BCUT2D eigenvalue weighted by molar-refractivity contribution is -0.323. The minimum Gasteiger partial charge on any atom is -0.490 e. The third-order valence-corrected chi connectivity index (χ3v) is 8.41. The number of fused-ring (bicyclic) bond motifs is 1. The Balaban J connectivity index is 1.30. The molecule has 0 radical (unpaired) electrons. The van der Waals surface area contributed by atoms with Crippen LogP contribution in [0.3, 0.4) is 0 Å². The molecule has 0 aromatic heterocycles. The molecule has 2 aromatic rings. The van der Waals surface area contributed by atoms with Gasteiger partial charge >= 0.3 is 0 Å². The lowest BCUT2D eigenvalue weighted by Crippen LogP contribution is -2.55. The molecule has 6 nitrogen and oxygen atoms in total. The zero-order chi connectivity index (χ0) is 24.0. The maximum atomic E-state index is 10.4. The van der Waals surface area contributed by atoms with Crippen LogP contribution in [-0.2, 0) is 21.7 Å². The van der Waals surface area contributed by atoms with E-state index < -0.39 is 30.7 Å². The summed E-state index contributed by atoms with van der Waals surface area (Å²) in [6.07, 6.45) is 0.0859. The predicted molar refractivity (Wildman–Crippen MR) is 128 cm³/mol. The summed E-state index contributed by atoms with van der Waals surface area (Å²) in [6.45, 7) is 1.91. The maximum absolute atomic E-state index is 10.4. The number of aliphatic hydroxyl groups is 3. The summed E-state index contributed by atoms with van der Waals surface area (Å²) < 4.78 is 17.8. The van der Waals surface area contributed by atoms with Crippen molar-refractivity contribution in [2.75, 3.05) is 13.7 Å². The SMILES string of the molecule is COC1(c2ccc(Cl)c(Cc3ccc(OC4CC5C(C)C5C4)cc3)c2)C[C@@H](O)[C@H](O)[C@@H](CO)O1. The highest BCUT2D eigenvalue weighted by molar-refractivity contribution is 6.31. The summed E-state index contributed by atoms with van der Waals surface area (Å²) in [5, 5.41) is 30.7. The van der Waals surface area contributed by atoms with Crippen LogP contribution < -0.4 is 4.74 Å². The van der Waals surface area contributed by atoms with Gasteiger partial charge in [0.25, 0.3) is 0 Å². The Morgan fingerprint density at radius 2 is 1.79 bits per heavy atom. The molecule has 0 amide bonds. The number of aliphatic hydroxyl groups excluding tert-OH is 3. The van der Waals surface area contributed by atoms with E-state index in [1.165, 1.54) is 20.0 Å². The fourth-order valence-electron chi connectivity index (χ4n) is 5.85. The number of methoxy groups -OCH3 is 1. The van der Waals surface area contributed by atoms with Gasteiger partial charge in [-0.1, -0.05) is 36.7 Å². The fraction of sp³-hybridized carbons (Fsp3) is 0.556. The summed E-state index contributed by atoms with van der Waals surface area (Å²) in [6, 6.07) is 13.6. The minimum atomic E-state index is -1.29. The fourth-order valence-corrected chi connectivity index (χ4v) is 6.03. The molecule has 2 aliphatic carbocycles. The van der Waals surface area contributed by atoms with E-state index in [4.69, 9.17) is 25.8 Å². The average Bonchev–Trinajstić information content (AvgIpc) is 3.23. The minimum absolute atomic E-state index is 0.0376. The quantitative estimate of drug-likeness (QED) is 0.551. The molecule has 0 bridgehead atoms. The third kappa shape index (κ3) is 4.48. The van der Waals surface area contributed by atoms with Crippen LogP contribution in [-0.4, -0.2) is 53.5 Å². The van der Waals surface area contributed by atoms with E-state index in [9.17, 15) is 15.3 Å². The van der Waals surface area contributed by atoms with Gasteiger partial charge < -0.3 is 29.5 Å². The van der Waals surface area contributed by atoms with Crippen LogP contribution >= 0.6 is 11.6 Å². The third-order valence-electron chi connectivity index (χ3n) is 8.04. The topological polar surface area (TPSA) is 88.4 Å². The molecule has 2 saturated carbocycles. The van der Waals surface area contributed by atoms with Crippen molar-refractivity contribution in [3.8, 4) is 5.75 Å². The van der Waals surface area contributed by atoms with Crippen molar-refractivity contribution < 1.29 is 29.5 Å². The van der Waals surface area contributed by atoms with E-state index in [1.54, 1.807) is 12.1 Å². The van der Waals surface area contributed by atoms with Crippen LogP contribution in [0.4, 0.5) is 0 Å². The van der Waals surface area contributed by atoms with Gasteiger partial charge in [0.15, 0.2) is 5.79 Å². The molecule has 3 N–H and O–H groups in total. The van der Waals surface area contributed by atoms with E-state index in [0.29, 0.717) is 23.1 Å². The average molecular weight is 489 g/mol. The standard InChI is InChI=1S/C27H33ClO6/c1-15-21-11-20(12-22(15)21)33-19-6-3-16(4-7-19)9-17-10-18(5-8-23(17)28)27(32-2)13-24(30)26(31)25(14-29)34-27/h3-8,10,15,20-22,24-26,29-31H,9,11-14H2,1-2H3/t15?,20?,21?,22?,24-,25-,26+,27?/m1/s1. The molecule has 1 heterocycles. The molecule has 1 saturated heterocycles. The van der Waals surface area contributed by atoms with Crippen molar-refractivity contribution in [3.05, 3.63) is 64.2 Å². The van der Waals surface area contributed by atoms with Crippen molar-refractivity contribution in [2.45, 2.75) is 62.8 Å². The number of benzene rings is 2. The molecule has 184 valence electrons. The van der Waals surface area contributed by atoms with Gasteiger partial charge in [0, 0.05) is 24.1 Å². The van der Waals surface area contributed by atoms with E-state index >= 15 is 0 Å². The Labute approximate surface area is 205 Å². The van der Waals surface area contributed by atoms with Crippen LogP contribution in [0.1, 0.15) is 42.9 Å². The lowest BCUT2D eigenvalue weighted by atomic mass is 9.89. The number of hydrogen-bond donors (Lipinski definition) is 3. The van der Waals surface area contributed by atoms with E-state index in [-0.39, 0.29) is 6.42 Å². The maximum Gasteiger partial charge on any atom is 0.197 e. The molecular weight excluding hydrogens is 456 g/mol. The zero-order valence-electron chi connectivity index (χ0n) is 19.6. The first kappa shape index (κ1) is 24.0. The normalized spacial score (nSPS) is 36.8. The second-order valence-electron chi connectivity index (χ2n) is 10.1. The van der Waals surface area contributed by atoms with Crippen molar-refractivity contribution >= 4 is 11.6 Å². The van der Waals surface area contributed by atoms with Crippen molar-refractivity contribution in [1.82, 2.24) is 0 Å². The largest absolute Gasteiger partial charge is 0.490 e. The summed E-state index contributed by atoms with van der Waals surface area (Å²) in [7, 11) is 1.49. The van der Waals surface area contributed by atoms with Crippen LogP contribution in [0, 0.1) is 17.8 Å². The summed E-state index contributed by atoms with van der Waals surface area (Å²) in [5.41, 5.74) is 2.65. The van der Waals surface area contributed by atoms with E-state index in [1.807, 2.05) is 18.2 Å². The molecule has 2 aromatic carbocycles. The van der Waals surface area contributed by atoms with Crippen molar-refractivity contribution in [3.63, 3.8) is 0 Å². The Bertz CT molecular complexity index is 1000. The van der Waals surface area contributed by atoms with Gasteiger partial charge in [0.05, 0.1) is 18.8 Å². The number of rotatable bonds is 7. The van der Waals surface area contributed by atoms with Gasteiger partial charge in [-0.3, -0.25) is 0 Å². The number of ether oxygens (including phenoxy) is 3. The van der Waals surface area contributed by atoms with Crippen molar-refractivity contribution in [1.29, 1.82) is 0 Å². The predicted octanol–water partition coefficient (Wildman–Crippen LogP) is 3.66. The Kier molecular flexibility index (Phi) is 6.66. The number of halogens is 1. The molecule has 7 heteroatoms. The van der Waals surface area contributed by atoms with Gasteiger partial charge in [-0.15, -0.1) is 0 Å². The van der Waals surface area contributed by atoms with Crippen LogP contribution in [0.15, 0.2) is 42.5 Å². The molecule has 0 spiro atoms. The second kappa shape index (κ2) is 9.41. The lowest BCUT2D eigenvalue weighted by Gasteiger charge is -2.44. The van der Waals surface area contributed by atoms with Gasteiger partial charge in [-0.05, 0) is 72.4 Å². The highest BCUT2D eigenvalue weighted by Crippen LogP contribution is 2.57. The first-order chi connectivity index (χ1) is 16.3. The van der Waals surface area contributed by atoms with Crippen LogP contribution in [0.25, 0.3) is 0 Å². The zero-order valence-corrected chi connectivity index (χ0v) is 20.3. The molecule has 1 aliphatic heterocycles. The smallest absolute Gasteiger partial charge is 0.197 e. The van der Waals surface area contributed by atoms with Gasteiger partial charge in [0.1, 0.15) is 18.0 Å². The molecule has 6 atom stereocenters. The molecule has 3 unspecified atom stereocenters. The second-order valence-corrected chi connectivity index (χ2v) is 10.5. The Morgan fingerprint density at radius 3 is 2.44 bits per heavy atom. The first-order valence-corrected chi connectivity index (χ1v) is 12.5. The van der Waals surface area contributed by atoms with Gasteiger partial charge in [-0.2, -0.15) is 0 Å². The monoisotopic (exact) mass is 488 g/mol. The summed E-state index contributed by atoms with van der Waals surface area (Å²) >= 11 is 6.52. The molecular formula is C27H33ClO6. The molecule has 34 heavy (non-hydrogen) atoms.